The molecule has 6 heteroatoms. The molecule has 1 heterocycles. The molecule has 0 aliphatic rings. The topological polar surface area (TPSA) is 35.2 Å². The fourth-order valence-corrected chi connectivity index (χ4v) is 2.93. The molecular weight excluding hydrogens is 324 g/mol. The van der Waals surface area contributed by atoms with Gasteiger partial charge < -0.3 is 10.5 Å². The molecule has 2 nitrogen and oxygen atoms in total. The second-order valence-corrected chi connectivity index (χ2v) is 5.44. The molecule has 0 amide bonds. The number of benzene rings is 1. The zero-order valence-electron chi connectivity index (χ0n) is 9.20. The van der Waals surface area contributed by atoms with Crippen LogP contribution in [0.3, 0.4) is 0 Å². The Kier molecular flexibility index (Phi) is 4.31. The molecule has 96 valence electrons. The van der Waals surface area contributed by atoms with Crippen molar-refractivity contribution in [3.8, 4) is 5.75 Å². The first-order valence-electron chi connectivity index (χ1n) is 5.16. The monoisotopic (exact) mass is 333 g/mol. The molecule has 18 heavy (non-hydrogen) atoms. The van der Waals surface area contributed by atoms with Crippen LogP contribution in [0.2, 0.25) is 0 Å². The molecule has 1 aromatic carbocycles. The Hall–Kier alpha value is -0.980. The van der Waals surface area contributed by atoms with Gasteiger partial charge in [-0.05, 0) is 34.1 Å². The van der Waals surface area contributed by atoms with E-state index in [1.165, 1.54) is 11.3 Å². The summed E-state index contributed by atoms with van der Waals surface area (Å²) < 4.78 is 32.8. The van der Waals surface area contributed by atoms with Gasteiger partial charge in [0.2, 0.25) is 0 Å². The fraction of sp³-hybridized carbons (Fsp3) is 0.167. The third kappa shape index (κ3) is 3.07. The van der Waals surface area contributed by atoms with Gasteiger partial charge in [-0.1, -0.05) is 0 Å². The van der Waals surface area contributed by atoms with E-state index < -0.39 is 17.7 Å². The average Bonchev–Trinajstić information content (AvgIpc) is 2.77. The van der Waals surface area contributed by atoms with Gasteiger partial charge in [-0.3, -0.25) is 0 Å². The third-order valence-electron chi connectivity index (χ3n) is 2.28. The lowest BCUT2D eigenvalue weighted by molar-refractivity contribution is 0.207. The summed E-state index contributed by atoms with van der Waals surface area (Å²) in [5.41, 5.74) is 5.60. The SMILES string of the molecule is NCC(Oc1cc(F)ccc1F)c1cc(Br)cs1. The van der Waals surface area contributed by atoms with Crippen LogP contribution in [0.5, 0.6) is 5.75 Å². The van der Waals surface area contributed by atoms with Crippen molar-refractivity contribution < 1.29 is 13.5 Å². The summed E-state index contributed by atoms with van der Waals surface area (Å²) in [7, 11) is 0. The van der Waals surface area contributed by atoms with E-state index in [4.69, 9.17) is 10.5 Å². The van der Waals surface area contributed by atoms with Crippen molar-refractivity contribution in [3.63, 3.8) is 0 Å². The number of thiophene rings is 1. The van der Waals surface area contributed by atoms with Crippen LogP contribution in [-0.4, -0.2) is 6.54 Å². The van der Waals surface area contributed by atoms with Crippen LogP contribution < -0.4 is 10.5 Å². The molecule has 0 radical (unpaired) electrons. The van der Waals surface area contributed by atoms with Crippen LogP contribution in [-0.2, 0) is 0 Å². The van der Waals surface area contributed by atoms with Crippen LogP contribution >= 0.6 is 27.3 Å². The zero-order chi connectivity index (χ0) is 13.1. The van der Waals surface area contributed by atoms with Crippen molar-refractivity contribution >= 4 is 27.3 Å². The lowest BCUT2D eigenvalue weighted by atomic mass is 10.2. The highest BCUT2D eigenvalue weighted by Crippen LogP contribution is 2.30. The Bertz CT molecular complexity index is 547. The fourth-order valence-electron chi connectivity index (χ4n) is 1.44. The van der Waals surface area contributed by atoms with Gasteiger partial charge in [0.05, 0.1) is 0 Å². The summed E-state index contributed by atoms with van der Waals surface area (Å²) in [6.45, 7) is 0.183. The molecule has 2 aromatic rings. The minimum atomic E-state index is -0.606. The lowest BCUT2D eigenvalue weighted by Crippen LogP contribution is -2.18. The molecule has 0 saturated heterocycles. The molecule has 0 fully saturated rings. The maximum Gasteiger partial charge on any atom is 0.165 e. The summed E-state index contributed by atoms with van der Waals surface area (Å²) in [4.78, 5) is 0.855. The lowest BCUT2D eigenvalue weighted by Gasteiger charge is -2.16. The van der Waals surface area contributed by atoms with E-state index in [0.717, 1.165) is 27.5 Å². The molecule has 0 aliphatic heterocycles. The highest BCUT2D eigenvalue weighted by Gasteiger charge is 2.16. The molecular formula is C12H10BrF2NOS. The molecule has 1 atom stereocenters. The Morgan fingerprint density at radius 1 is 1.33 bits per heavy atom. The van der Waals surface area contributed by atoms with E-state index in [1.807, 2.05) is 11.4 Å². The highest BCUT2D eigenvalue weighted by atomic mass is 79.9. The first-order valence-corrected chi connectivity index (χ1v) is 6.83. The molecule has 1 unspecified atom stereocenters. The van der Waals surface area contributed by atoms with Gasteiger partial charge in [0.1, 0.15) is 11.9 Å². The van der Waals surface area contributed by atoms with E-state index in [2.05, 4.69) is 15.9 Å². The van der Waals surface area contributed by atoms with Crippen molar-refractivity contribution in [2.24, 2.45) is 5.73 Å². The predicted molar refractivity (Wildman–Crippen MR) is 70.8 cm³/mol. The second-order valence-electron chi connectivity index (χ2n) is 3.58. The molecule has 0 bridgehead atoms. The zero-order valence-corrected chi connectivity index (χ0v) is 11.6. The van der Waals surface area contributed by atoms with Crippen molar-refractivity contribution in [1.82, 2.24) is 0 Å². The van der Waals surface area contributed by atoms with E-state index in [-0.39, 0.29) is 12.3 Å². The average molecular weight is 334 g/mol. The number of halogens is 3. The van der Waals surface area contributed by atoms with Gasteiger partial charge in [-0.2, -0.15) is 0 Å². The Morgan fingerprint density at radius 3 is 2.72 bits per heavy atom. The van der Waals surface area contributed by atoms with Gasteiger partial charge in [0, 0.05) is 27.3 Å². The summed E-state index contributed by atoms with van der Waals surface area (Å²) in [6, 6.07) is 4.93. The summed E-state index contributed by atoms with van der Waals surface area (Å²) in [6.07, 6.45) is -0.488. The minimum Gasteiger partial charge on any atom is -0.480 e. The Balaban J connectivity index is 2.22. The molecule has 0 spiro atoms. The van der Waals surface area contributed by atoms with Crippen molar-refractivity contribution in [1.29, 1.82) is 0 Å². The third-order valence-corrected chi connectivity index (χ3v) is 4.07. The number of ether oxygens (including phenoxy) is 1. The van der Waals surface area contributed by atoms with Crippen LogP contribution in [0, 0.1) is 11.6 Å². The smallest absolute Gasteiger partial charge is 0.165 e. The van der Waals surface area contributed by atoms with Gasteiger partial charge in [0.15, 0.2) is 11.6 Å². The Labute approximate surface area is 116 Å². The maximum absolute atomic E-state index is 13.4. The number of nitrogens with two attached hydrogens (primary N) is 1. The largest absolute Gasteiger partial charge is 0.480 e. The summed E-state index contributed by atoms with van der Waals surface area (Å²) in [5.74, 6) is -1.28. The van der Waals surface area contributed by atoms with Gasteiger partial charge >= 0.3 is 0 Å². The highest BCUT2D eigenvalue weighted by molar-refractivity contribution is 9.10. The molecule has 2 rings (SSSR count). The number of hydrogen-bond donors (Lipinski definition) is 1. The maximum atomic E-state index is 13.4. The summed E-state index contributed by atoms with van der Waals surface area (Å²) >= 11 is 4.76. The first kappa shape index (κ1) is 13.5. The van der Waals surface area contributed by atoms with Crippen molar-refractivity contribution in [2.75, 3.05) is 6.54 Å². The quantitative estimate of drug-likeness (QED) is 0.921. The van der Waals surface area contributed by atoms with E-state index in [9.17, 15) is 8.78 Å². The van der Waals surface area contributed by atoms with Crippen molar-refractivity contribution in [3.05, 3.63) is 50.6 Å². The van der Waals surface area contributed by atoms with E-state index in [0.29, 0.717) is 0 Å². The van der Waals surface area contributed by atoms with Crippen LogP contribution in [0.4, 0.5) is 8.78 Å². The van der Waals surface area contributed by atoms with E-state index >= 15 is 0 Å². The number of rotatable bonds is 4. The second kappa shape index (κ2) is 5.77. The van der Waals surface area contributed by atoms with Gasteiger partial charge in [0.25, 0.3) is 0 Å². The van der Waals surface area contributed by atoms with Crippen LogP contribution in [0.15, 0.2) is 34.1 Å². The minimum absolute atomic E-state index is 0.130. The molecule has 0 saturated carbocycles. The standard InChI is InChI=1S/C12H10BrF2NOS/c13-7-3-12(18-6-7)11(5-16)17-10-4-8(14)1-2-9(10)15/h1-4,6,11H,5,16H2. The molecule has 2 N–H and O–H groups in total. The molecule has 1 aromatic heterocycles. The van der Waals surface area contributed by atoms with Gasteiger partial charge in [-0.15, -0.1) is 11.3 Å². The molecule has 0 aliphatic carbocycles. The first-order chi connectivity index (χ1) is 8.60. The van der Waals surface area contributed by atoms with Gasteiger partial charge in [-0.25, -0.2) is 8.78 Å². The van der Waals surface area contributed by atoms with Crippen LogP contribution in [0.25, 0.3) is 0 Å². The Morgan fingerprint density at radius 2 is 2.11 bits per heavy atom. The van der Waals surface area contributed by atoms with E-state index in [1.54, 1.807) is 0 Å². The van der Waals surface area contributed by atoms with Crippen LogP contribution in [0.1, 0.15) is 11.0 Å². The normalized spacial score (nSPS) is 12.4. The number of hydrogen-bond acceptors (Lipinski definition) is 3. The summed E-state index contributed by atoms with van der Waals surface area (Å²) in [5, 5.41) is 1.88. The predicted octanol–water partition coefficient (Wildman–Crippen LogP) is 3.87. The van der Waals surface area contributed by atoms with Crippen molar-refractivity contribution in [2.45, 2.75) is 6.10 Å².